The molecule has 3 aliphatic rings. The summed E-state index contributed by atoms with van der Waals surface area (Å²) in [7, 11) is 0. The van der Waals surface area contributed by atoms with Crippen LogP contribution in [-0.4, -0.2) is 53.0 Å². The third-order valence-corrected chi connectivity index (χ3v) is 6.89. The minimum Gasteiger partial charge on any atom is -0.354 e. The average Bonchev–Trinajstić information content (AvgIpc) is 3.32. The Labute approximate surface area is 169 Å². The van der Waals surface area contributed by atoms with Gasteiger partial charge in [-0.1, -0.05) is 12.1 Å². The number of hydrogen-bond donors (Lipinski definition) is 2. The normalized spacial score (nSPS) is 21.6. The molecule has 3 aromatic rings. The number of benzene rings is 1. The van der Waals surface area contributed by atoms with E-state index in [0.29, 0.717) is 19.1 Å². The highest BCUT2D eigenvalue weighted by molar-refractivity contribution is 5.86. The van der Waals surface area contributed by atoms with Gasteiger partial charge in [-0.25, -0.2) is 9.78 Å². The standard InChI is InChI=1S/C22H26N6O/c23-22(29)27-12-10-26(11-13-27)21-15-5-3-4-14(15)19(17-8-9-24-17)20-25-16-6-1-2-7-18(16)28(20)21/h1-2,6-7,17,24H,3-5,8-13H2,(H2,23,29). The van der Waals surface area contributed by atoms with Crippen LogP contribution in [0.5, 0.6) is 0 Å². The number of piperazine rings is 1. The van der Waals surface area contributed by atoms with Crippen LogP contribution in [0.1, 0.15) is 35.6 Å². The zero-order chi connectivity index (χ0) is 19.5. The number of hydrogen-bond acceptors (Lipinski definition) is 4. The first-order valence-electron chi connectivity index (χ1n) is 10.7. The molecular formula is C22H26N6O. The highest BCUT2D eigenvalue weighted by atomic mass is 16.2. The molecule has 0 spiro atoms. The lowest BCUT2D eigenvalue weighted by Crippen LogP contribution is -2.51. The number of nitrogens with two attached hydrogens (primary N) is 1. The van der Waals surface area contributed by atoms with Crippen molar-refractivity contribution in [3.8, 4) is 0 Å². The summed E-state index contributed by atoms with van der Waals surface area (Å²) in [6, 6.07) is 8.55. The lowest BCUT2D eigenvalue weighted by Gasteiger charge is -2.38. The van der Waals surface area contributed by atoms with Crippen molar-refractivity contribution in [2.75, 3.05) is 37.6 Å². The minimum absolute atomic E-state index is 0.320. The quantitative estimate of drug-likeness (QED) is 0.703. The van der Waals surface area contributed by atoms with E-state index in [2.05, 4.69) is 38.9 Å². The third kappa shape index (κ3) is 2.46. The van der Waals surface area contributed by atoms with E-state index < -0.39 is 0 Å². The maximum Gasteiger partial charge on any atom is 0.314 e. The summed E-state index contributed by atoms with van der Waals surface area (Å²) < 4.78 is 2.40. The van der Waals surface area contributed by atoms with Crippen molar-refractivity contribution >= 4 is 28.5 Å². The molecule has 2 aliphatic heterocycles. The van der Waals surface area contributed by atoms with Crippen LogP contribution in [-0.2, 0) is 12.8 Å². The third-order valence-electron chi connectivity index (χ3n) is 6.89. The Balaban J connectivity index is 1.59. The minimum atomic E-state index is -0.320. The smallest absolute Gasteiger partial charge is 0.314 e. The summed E-state index contributed by atoms with van der Waals surface area (Å²) in [5.74, 6) is 1.29. The molecule has 1 aliphatic carbocycles. The Morgan fingerprint density at radius 2 is 1.86 bits per heavy atom. The molecule has 7 nitrogen and oxygen atoms in total. The number of pyridine rings is 1. The lowest BCUT2D eigenvalue weighted by molar-refractivity contribution is 0.204. The van der Waals surface area contributed by atoms with Gasteiger partial charge in [0.15, 0.2) is 0 Å². The van der Waals surface area contributed by atoms with Gasteiger partial charge in [-0.15, -0.1) is 0 Å². The topological polar surface area (TPSA) is 78.9 Å². The van der Waals surface area contributed by atoms with Gasteiger partial charge >= 0.3 is 6.03 Å². The SMILES string of the molecule is NC(=O)N1CCN(c2c3c(c(C4CCN4)c4nc5ccccc5n24)CCC3)CC1. The number of fused-ring (bicyclic) bond motifs is 4. The van der Waals surface area contributed by atoms with Crippen LogP contribution in [0.15, 0.2) is 24.3 Å². The van der Waals surface area contributed by atoms with Gasteiger partial charge in [0, 0.05) is 37.8 Å². The van der Waals surface area contributed by atoms with Crippen molar-refractivity contribution in [1.82, 2.24) is 19.6 Å². The Morgan fingerprint density at radius 3 is 2.59 bits per heavy atom. The molecule has 2 aromatic heterocycles. The molecule has 29 heavy (non-hydrogen) atoms. The molecule has 0 bridgehead atoms. The summed E-state index contributed by atoms with van der Waals surface area (Å²) in [4.78, 5) is 20.9. The van der Waals surface area contributed by atoms with Crippen molar-refractivity contribution in [2.24, 2.45) is 5.73 Å². The molecule has 150 valence electrons. The molecule has 3 N–H and O–H groups in total. The summed E-state index contributed by atoms with van der Waals surface area (Å²) in [6.07, 6.45) is 4.63. The number of urea groups is 1. The van der Waals surface area contributed by atoms with Gasteiger partial charge < -0.3 is 20.9 Å². The van der Waals surface area contributed by atoms with Crippen LogP contribution >= 0.6 is 0 Å². The molecule has 1 atom stereocenters. The maximum atomic E-state index is 11.6. The second kappa shape index (κ2) is 6.35. The fourth-order valence-electron chi connectivity index (χ4n) is 5.35. The van der Waals surface area contributed by atoms with Gasteiger partial charge in [0.25, 0.3) is 0 Å². The summed E-state index contributed by atoms with van der Waals surface area (Å²) in [5, 5.41) is 3.62. The number of nitrogens with zero attached hydrogens (tertiary/aromatic N) is 4. The van der Waals surface area contributed by atoms with Gasteiger partial charge in [-0.3, -0.25) is 4.40 Å². The van der Waals surface area contributed by atoms with Crippen LogP contribution in [0.2, 0.25) is 0 Å². The molecule has 0 radical (unpaired) electrons. The van der Waals surface area contributed by atoms with Gasteiger partial charge in [0.2, 0.25) is 0 Å². The summed E-state index contributed by atoms with van der Waals surface area (Å²) in [5.41, 5.74) is 13.3. The van der Waals surface area contributed by atoms with Crippen LogP contribution in [0.4, 0.5) is 10.6 Å². The zero-order valence-electron chi connectivity index (χ0n) is 16.5. The van der Waals surface area contributed by atoms with Crippen molar-refractivity contribution in [2.45, 2.75) is 31.7 Å². The van der Waals surface area contributed by atoms with Crippen LogP contribution in [0.25, 0.3) is 16.7 Å². The number of para-hydroxylation sites is 2. The summed E-state index contributed by atoms with van der Waals surface area (Å²) in [6.45, 7) is 4.03. The van der Waals surface area contributed by atoms with E-state index in [1.165, 1.54) is 40.9 Å². The van der Waals surface area contributed by atoms with Crippen molar-refractivity contribution < 1.29 is 4.79 Å². The van der Waals surface area contributed by atoms with Crippen molar-refractivity contribution in [1.29, 1.82) is 0 Å². The number of primary amides is 1. The summed E-state index contributed by atoms with van der Waals surface area (Å²) >= 11 is 0. The fraction of sp³-hybridized carbons (Fsp3) is 0.455. The number of aromatic nitrogens is 2. The first-order chi connectivity index (χ1) is 14.2. The largest absolute Gasteiger partial charge is 0.354 e. The van der Waals surface area contributed by atoms with Gasteiger partial charge in [-0.2, -0.15) is 0 Å². The first-order valence-corrected chi connectivity index (χ1v) is 10.7. The molecule has 1 aromatic carbocycles. The van der Waals surface area contributed by atoms with E-state index >= 15 is 0 Å². The Morgan fingerprint density at radius 1 is 1.10 bits per heavy atom. The number of carbonyl (C=O) groups is 1. The lowest BCUT2D eigenvalue weighted by atomic mass is 9.92. The van der Waals surface area contributed by atoms with Gasteiger partial charge in [-0.05, 0) is 55.5 Å². The molecule has 4 heterocycles. The first kappa shape index (κ1) is 17.1. The van der Waals surface area contributed by atoms with Crippen LogP contribution in [0, 0.1) is 0 Å². The van der Waals surface area contributed by atoms with E-state index in [9.17, 15) is 4.79 Å². The monoisotopic (exact) mass is 390 g/mol. The average molecular weight is 390 g/mol. The second-order valence-electron chi connectivity index (χ2n) is 8.42. The number of imidazole rings is 1. The zero-order valence-corrected chi connectivity index (χ0v) is 16.5. The number of nitrogens with one attached hydrogen (secondary N) is 1. The molecule has 2 fully saturated rings. The molecule has 7 heteroatoms. The number of amides is 2. The predicted molar refractivity (Wildman–Crippen MR) is 113 cm³/mol. The predicted octanol–water partition coefficient (Wildman–Crippen LogP) is 2.21. The molecule has 6 rings (SSSR count). The number of carbonyl (C=O) groups excluding carboxylic acids is 1. The Hall–Kier alpha value is -2.80. The number of rotatable bonds is 2. The second-order valence-corrected chi connectivity index (χ2v) is 8.42. The molecule has 1 unspecified atom stereocenters. The number of anilines is 1. The van der Waals surface area contributed by atoms with Crippen LogP contribution < -0.4 is 16.0 Å². The highest BCUT2D eigenvalue weighted by Crippen LogP contribution is 2.42. The van der Waals surface area contributed by atoms with Crippen molar-refractivity contribution in [3.63, 3.8) is 0 Å². The molecular weight excluding hydrogens is 364 g/mol. The van der Waals surface area contributed by atoms with Gasteiger partial charge in [0.05, 0.1) is 11.0 Å². The Kier molecular flexibility index (Phi) is 3.74. The Bertz CT molecular complexity index is 1120. The van der Waals surface area contributed by atoms with E-state index in [1.807, 2.05) is 0 Å². The fourth-order valence-corrected chi connectivity index (χ4v) is 5.35. The highest BCUT2D eigenvalue weighted by Gasteiger charge is 2.34. The van der Waals surface area contributed by atoms with Crippen molar-refractivity contribution in [3.05, 3.63) is 41.0 Å². The maximum absolute atomic E-state index is 11.6. The van der Waals surface area contributed by atoms with E-state index in [-0.39, 0.29) is 6.03 Å². The van der Waals surface area contributed by atoms with E-state index in [1.54, 1.807) is 4.90 Å². The van der Waals surface area contributed by atoms with Gasteiger partial charge in [0.1, 0.15) is 11.5 Å². The molecule has 2 amide bonds. The van der Waals surface area contributed by atoms with E-state index in [4.69, 9.17) is 10.7 Å². The van der Waals surface area contributed by atoms with Crippen LogP contribution in [0.3, 0.4) is 0 Å². The van der Waals surface area contributed by atoms with E-state index in [0.717, 1.165) is 43.6 Å². The molecule has 2 saturated heterocycles. The molecule has 0 saturated carbocycles.